The van der Waals surface area contributed by atoms with Gasteiger partial charge in [-0.25, -0.2) is 13.1 Å². The highest BCUT2D eigenvalue weighted by Crippen LogP contribution is 2.17. The first kappa shape index (κ1) is 15.5. The van der Waals surface area contributed by atoms with E-state index < -0.39 is 10.0 Å². The van der Waals surface area contributed by atoms with Crippen LogP contribution in [0.4, 0.5) is 0 Å². The highest BCUT2D eigenvalue weighted by atomic mass is 32.2. The molecule has 1 unspecified atom stereocenters. The van der Waals surface area contributed by atoms with E-state index in [9.17, 15) is 8.42 Å². The van der Waals surface area contributed by atoms with Crippen LogP contribution in [0.5, 0.6) is 0 Å². The summed E-state index contributed by atoms with van der Waals surface area (Å²) in [6, 6.07) is 5.43. The van der Waals surface area contributed by atoms with Crippen LogP contribution in [0.3, 0.4) is 0 Å². The summed E-state index contributed by atoms with van der Waals surface area (Å²) in [5.41, 5.74) is 1.88. The van der Waals surface area contributed by atoms with Crippen molar-refractivity contribution in [1.82, 2.24) is 10.0 Å². The molecule has 4 nitrogen and oxygen atoms in total. The Morgan fingerprint density at radius 1 is 1.35 bits per heavy atom. The molecule has 0 spiro atoms. The number of benzene rings is 1. The monoisotopic (exact) mass is 296 g/mol. The lowest BCUT2D eigenvalue weighted by Gasteiger charge is -2.22. The fourth-order valence-corrected chi connectivity index (χ4v) is 4.02. The van der Waals surface area contributed by atoms with Crippen LogP contribution in [0.25, 0.3) is 0 Å². The van der Waals surface area contributed by atoms with Crippen molar-refractivity contribution in [3.8, 4) is 0 Å². The zero-order valence-corrected chi connectivity index (χ0v) is 13.1. The van der Waals surface area contributed by atoms with Crippen molar-refractivity contribution < 1.29 is 8.42 Å². The van der Waals surface area contributed by atoms with Crippen LogP contribution < -0.4 is 10.0 Å². The van der Waals surface area contributed by atoms with Gasteiger partial charge in [-0.2, -0.15) is 0 Å². The van der Waals surface area contributed by atoms with Crippen molar-refractivity contribution in [2.75, 3.05) is 19.6 Å². The first-order valence-corrected chi connectivity index (χ1v) is 8.75. The van der Waals surface area contributed by atoms with Gasteiger partial charge in [0, 0.05) is 6.54 Å². The van der Waals surface area contributed by atoms with Gasteiger partial charge in [0.25, 0.3) is 0 Å². The maximum Gasteiger partial charge on any atom is 0.240 e. The molecule has 0 saturated carbocycles. The first-order chi connectivity index (χ1) is 9.49. The maximum absolute atomic E-state index is 12.3. The van der Waals surface area contributed by atoms with E-state index >= 15 is 0 Å². The molecule has 1 saturated heterocycles. The lowest BCUT2D eigenvalue weighted by Crippen LogP contribution is -2.33. The Hall–Kier alpha value is -0.910. The second kappa shape index (κ2) is 6.70. The lowest BCUT2D eigenvalue weighted by molar-refractivity contribution is 0.358. The topological polar surface area (TPSA) is 58.2 Å². The molecule has 0 amide bonds. The van der Waals surface area contributed by atoms with E-state index in [-0.39, 0.29) is 0 Å². The summed E-state index contributed by atoms with van der Waals surface area (Å²) in [5.74, 6) is 0.588. The molecular weight excluding hydrogens is 272 g/mol. The van der Waals surface area contributed by atoms with Crippen molar-refractivity contribution >= 4 is 10.0 Å². The van der Waals surface area contributed by atoms with Crippen LogP contribution in [0.15, 0.2) is 23.1 Å². The average Bonchev–Trinajstić information content (AvgIpc) is 2.39. The van der Waals surface area contributed by atoms with Crippen LogP contribution in [0.1, 0.15) is 30.4 Å². The Morgan fingerprint density at radius 2 is 2.15 bits per heavy atom. The van der Waals surface area contributed by atoms with E-state index in [1.54, 1.807) is 6.07 Å². The Balaban J connectivity index is 1.93. The van der Waals surface area contributed by atoms with Gasteiger partial charge in [0.15, 0.2) is 0 Å². The van der Waals surface area contributed by atoms with Gasteiger partial charge in [-0.05, 0) is 63.7 Å². The second-order valence-electron chi connectivity index (χ2n) is 5.67. The van der Waals surface area contributed by atoms with Gasteiger partial charge >= 0.3 is 0 Å². The minimum atomic E-state index is -3.38. The van der Waals surface area contributed by atoms with Gasteiger partial charge in [0.05, 0.1) is 4.90 Å². The molecule has 1 heterocycles. The van der Waals surface area contributed by atoms with Gasteiger partial charge in [-0.1, -0.05) is 17.7 Å². The highest BCUT2D eigenvalue weighted by molar-refractivity contribution is 7.89. The molecule has 0 aliphatic carbocycles. The number of rotatable bonds is 5. The van der Waals surface area contributed by atoms with E-state index in [1.807, 2.05) is 26.0 Å². The number of piperidine rings is 1. The predicted molar refractivity (Wildman–Crippen MR) is 81.3 cm³/mol. The molecule has 1 fully saturated rings. The molecule has 20 heavy (non-hydrogen) atoms. The Labute approximate surface area is 122 Å². The third-order valence-corrected chi connectivity index (χ3v) is 5.48. The molecule has 2 N–H and O–H groups in total. The molecule has 1 aliphatic rings. The van der Waals surface area contributed by atoms with Crippen LogP contribution in [0, 0.1) is 19.8 Å². The molecule has 0 aromatic heterocycles. The van der Waals surface area contributed by atoms with E-state index in [0.29, 0.717) is 17.4 Å². The predicted octanol–water partition coefficient (Wildman–Crippen LogP) is 1.97. The fraction of sp³-hybridized carbons (Fsp3) is 0.600. The highest BCUT2D eigenvalue weighted by Gasteiger charge is 2.18. The van der Waals surface area contributed by atoms with E-state index in [2.05, 4.69) is 10.0 Å². The summed E-state index contributed by atoms with van der Waals surface area (Å²) in [6.45, 7) is 6.41. The maximum atomic E-state index is 12.3. The van der Waals surface area contributed by atoms with E-state index in [4.69, 9.17) is 0 Å². The SMILES string of the molecule is Cc1ccc(S(=O)(=O)NCCC2CCCNC2)c(C)c1. The van der Waals surface area contributed by atoms with Crippen LogP contribution >= 0.6 is 0 Å². The summed E-state index contributed by atoms with van der Waals surface area (Å²) in [6.07, 6.45) is 3.28. The van der Waals surface area contributed by atoms with E-state index in [0.717, 1.165) is 30.6 Å². The summed E-state index contributed by atoms with van der Waals surface area (Å²) in [5, 5.41) is 3.35. The number of nitrogens with one attached hydrogen (secondary N) is 2. The molecule has 0 bridgehead atoms. The number of hydrogen-bond acceptors (Lipinski definition) is 3. The standard InChI is InChI=1S/C15H24N2O2S/c1-12-5-6-15(13(2)10-12)20(18,19)17-9-7-14-4-3-8-16-11-14/h5-6,10,14,16-17H,3-4,7-9,11H2,1-2H3. The zero-order valence-electron chi connectivity index (χ0n) is 12.3. The zero-order chi connectivity index (χ0) is 14.6. The Morgan fingerprint density at radius 3 is 2.80 bits per heavy atom. The smallest absolute Gasteiger partial charge is 0.240 e. The molecule has 1 aromatic carbocycles. The van der Waals surface area contributed by atoms with Gasteiger partial charge in [0.1, 0.15) is 0 Å². The summed E-state index contributed by atoms with van der Waals surface area (Å²) in [4.78, 5) is 0.393. The molecule has 2 rings (SSSR count). The number of aryl methyl sites for hydroxylation is 2. The Bertz CT molecular complexity index is 549. The largest absolute Gasteiger partial charge is 0.316 e. The molecule has 1 aromatic rings. The first-order valence-electron chi connectivity index (χ1n) is 7.27. The minimum absolute atomic E-state index is 0.393. The Kier molecular flexibility index (Phi) is 5.18. The molecule has 5 heteroatoms. The van der Waals surface area contributed by atoms with Crippen molar-refractivity contribution in [3.05, 3.63) is 29.3 Å². The van der Waals surface area contributed by atoms with Crippen molar-refractivity contribution in [1.29, 1.82) is 0 Å². The molecule has 112 valence electrons. The summed E-state index contributed by atoms with van der Waals surface area (Å²) < 4.78 is 27.3. The molecule has 1 atom stereocenters. The summed E-state index contributed by atoms with van der Waals surface area (Å²) in [7, 11) is -3.38. The normalized spacial score (nSPS) is 20.0. The van der Waals surface area contributed by atoms with Crippen molar-refractivity contribution in [2.24, 2.45) is 5.92 Å². The van der Waals surface area contributed by atoms with Crippen molar-refractivity contribution in [2.45, 2.75) is 38.0 Å². The van der Waals surface area contributed by atoms with Gasteiger partial charge in [0.2, 0.25) is 10.0 Å². The number of sulfonamides is 1. The molecular formula is C15H24N2O2S. The second-order valence-corrected chi connectivity index (χ2v) is 7.40. The van der Waals surface area contributed by atoms with Gasteiger partial charge in [-0.15, -0.1) is 0 Å². The summed E-state index contributed by atoms with van der Waals surface area (Å²) >= 11 is 0. The van der Waals surface area contributed by atoms with Crippen LogP contribution in [-0.2, 0) is 10.0 Å². The van der Waals surface area contributed by atoms with Gasteiger partial charge in [-0.3, -0.25) is 0 Å². The van der Waals surface area contributed by atoms with Crippen LogP contribution in [-0.4, -0.2) is 28.1 Å². The quantitative estimate of drug-likeness (QED) is 0.873. The van der Waals surface area contributed by atoms with Crippen LogP contribution in [0.2, 0.25) is 0 Å². The van der Waals surface area contributed by atoms with E-state index in [1.165, 1.54) is 12.8 Å². The fourth-order valence-electron chi connectivity index (χ4n) is 2.75. The minimum Gasteiger partial charge on any atom is -0.316 e. The molecule has 0 radical (unpaired) electrons. The molecule has 1 aliphatic heterocycles. The van der Waals surface area contributed by atoms with Crippen molar-refractivity contribution in [3.63, 3.8) is 0 Å². The lowest BCUT2D eigenvalue weighted by atomic mass is 9.96. The third kappa shape index (κ3) is 4.04. The third-order valence-electron chi connectivity index (χ3n) is 3.86. The van der Waals surface area contributed by atoms with Gasteiger partial charge < -0.3 is 5.32 Å². The average molecular weight is 296 g/mol. The number of hydrogen-bond donors (Lipinski definition) is 2.